The lowest BCUT2D eigenvalue weighted by atomic mass is 10.2. The van der Waals surface area contributed by atoms with Crippen molar-refractivity contribution in [1.29, 1.82) is 0 Å². The van der Waals surface area contributed by atoms with Crippen molar-refractivity contribution in [3.8, 4) is 17.1 Å². The number of phenolic OH excluding ortho intramolecular Hbond substituents is 1. The summed E-state index contributed by atoms with van der Waals surface area (Å²) in [5.74, 6) is -0.0858. The predicted molar refractivity (Wildman–Crippen MR) is 52.8 cm³/mol. The molecular formula is C10H10FN3O. The van der Waals surface area contributed by atoms with Crippen LogP contribution >= 0.6 is 0 Å². The van der Waals surface area contributed by atoms with Gasteiger partial charge in [0.25, 0.3) is 0 Å². The maximum Gasteiger partial charge on any atom is 0.175 e. The lowest BCUT2D eigenvalue weighted by molar-refractivity contribution is 0.433. The average Bonchev–Trinajstić information content (AvgIpc) is 2.50. The van der Waals surface area contributed by atoms with Crippen molar-refractivity contribution in [2.24, 2.45) is 7.05 Å². The molecule has 1 heterocycles. The van der Waals surface area contributed by atoms with Gasteiger partial charge in [0.2, 0.25) is 0 Å². The number of hydrogen-bond acceptors (Lipinski definition) is 3. The molecule has 0 aliphatic heterocycles. The minimum Gasteiger partial charge on any atom is -0.505 e. The number of benzene rings is 1. The molecule has 0 bridgehead atoms. The minimum atomic E-state index is -0.673. The van der Waals surface area contributed by atoms with Crippen molar-refractivity contribution in [2.75, 3.05) is 0 Å². The van der Waals surface area contributed by atoms with Gasteiger partial charge in [-0.2, -0.15) is 5.10 Å². The number of halogens is 1. The summed E-state index contributed by atoms with van der Waals surface area (Å²) in [7, 11) is 1.68. The van der Waals surface area contributed by atoms with E-state index in [1.54, 1.807) is 26.1 Å². The molecular weight excluding hydrogens is 197 g/mol. The lowest BCUT2D eigenvalue weighted by Crippen LogP contribution is -1.96. The molecule has 0 aliphatic rings. The van der Waals surface area contributed by atoms with Crippen LogP contribution in [0.2, 0.25) is 0 Å². The smallest absolute Gasteiger partial charge is 0.175 e. The molecule has 0 radical (unpaired) electrons. The molecule has 78 valence electrons. The molecule has 1 aromatic heterocycles. The fraction of sp³-hybridized carbons (Fsp3) is 0.200. The highest BCUT2D eigenvalue weighted by Crippen LogP contribution is 2.26. The Morgan fingerprint density at radius 1 is 1.40 bits per heavy atom. The highest BCUT2D eigenvalue weighted by molar-refractivity contribution is 5.58. The second-order valence-corrected chi connectivity index (χ2v) is 3.24. The second kappa shape index (κ2) is 3.34. The highest BCUT2D eigenvalue weighted by Gasteiger charge is 2.14. The SMILES string of the molecule is Cc1nc(-c2cccc(O)c2F)n(C)n1. The van der Waals surface area contributed by atoms with E-state index in [1.165, 1.54) is 10.7 Å². The highest BCUT2D eigenvalue weighted by atomic mass is 19.1. The molecule has 15 heavy (non-hydrogen) atoms. The maximum absolute atomic E-state index is 13.5. The van der Waals surface area contributed by atoms with Gasteiger partial charge in [-0.15, -0.1) is 0 Å². The van der Waals surface area contributed by atoms with Crippen LogP contribution in [0, 0.1) is 12.7 Å². The van der Waals surface area contributed by atoms with Crippen LogP contribution in [0.25, 0.3) is 11.4 Å². The third kappa shape index (κ3) is 1.56. The van der Waals surface area contributed by atoms with Crippen molar-refractivity contribution in [3.05, 3.63) is 29.8 Å². The number of hydrogen-bond donors (Lipinski definition) is 1. The van der Waals surface area contributed by atoms with Crippen LogP contribution in [0.3, 0.4) is 0 Å². The van der Waals surface area contributed by atoms with Gasteiger partial charge in [0.1, 0.15) is 5.82 Å². The van der Waals surface area contributed by atoms with E-state index < -0.39 is 5.82 Å². The molecule has 0 aliphatic carbocycles. The van der Waals surface area contributed by atoms with E-state index in [9.17, 15) is 9.50 Å². The first-order chi connectivity index (χ1) is 7.09. The Hall–Kier alpha value is -1.91. The number of rotatable bonds is 1. The zero-order valence-electron chi connectivity index (χ0n) is 8.40. The molecule has 4 nitrogen and oxygen atoms in total. The summed E-state index contributed by atoms with van der Waals surface area (Å²) in [5, 5.41) is 13.2. The van der Waals surface area contributed by atoms with Crippen LogP contribution < -0.4 is 0 Å². The fourth-order valence-corrected chi connectivity index (χ4v) is 1.44. The number of aryl methyl sites for hydroxylation is 2. The normalized spacial score (nSPS) is 10.6. The first kappa shape index (κ1) is 9.64. The first-order valence-corrected chi connectivity index (χ1v) is 4.45. The molecule has 0 saturated carbocycles. The summed E-state index contributed by atoms with van der Waals surface area (Å²) in [5.41, 5.74) is 0.248. The molecule has 0 unspecified atom stereocenters. The van der Waals surface area contributed by atoms with Gasteiger partial charge in [0.05, 0.1) is 5.56 Å². The van der Waals surface area contributed by atoms with Crippen LogP contribution in [0.5, 0.6) is 5.75 Å². The largest absolute Gasteiger partial charge is 0.505 e. The van der Waals surface area contributed by atoms with Crippen molar-refractivity contribution in [1.82, 2.24) is 14.8 Å². The average molecular weight is 207 g/mol. The van der Waals surface area contributed by atoms with Gasteiger partial charge in [0, 0.05) is 7.05 Å². The van der Waals surface area contributed by atoms with Crippen molar-refractivity contribution < 1.29 is 9.50 Å². The van der Waals surface area contributed by atoms with Crippen LogP contribution in [-0.2, 0) is 7.05 Å². The van der Waals surface area contributed by atoms with Crippen LogP contribution in [0.4, 0.5) is 4.39 Å². The van der Waals surface area contributed by atoms with Gasteiger partial charge in [-0.25, -0.2) is 14.1 Å². The lowest BCUT2D eigenvalue weighted by Gasteiger charge is -2.02. The summed E-state index contributed by atoms with van der Waals surface area (Å²) < 4.78 is 15.0. The Morgan fingerprint density at radius 3 is 2.73 bits per heavy atom. The molecule has 2 rings (SSSR count). The zero-order chi connectivity index (χ0) is 11.0. The van der Waals surface area contributed by atoms with Gasteiger partial charge in [-0.1, -0.05) is 6.07 Å². The molecule has 0 spiro atoms. The Labute approximate surface area is 86.0 Å². The molecule has 5 heteroatoms. The quantitative estimate of drug-likeness (QED) is 0.773. The molecule has 0 saturated heterocycles. The Morgan fingerprint density at radius 2 is 2.13 bits per heavy atom. The van der Waals surface area contributed by atoms with Gasteiger partial charge in [-0.05, 0) is 19.1 Å². The monoisotopic (exact) mass is 207 g/mol. The summed E-state index contributed by atoms with van der Waals surface area (Å²) in [6.07, 6.45) is 0. The number of nitrogens with zero attached hydrogens (tertiary/aromatic N) is 3. The van der Waals surface area contributed by atoms with E-state index in [1.807, 2.05) is 0 Å². The summed E-state index contributed by atoms with van der Waals surface area (Å²) in [4.78, 5) is 4.08. The summed E-state index contributed by atoms with van der Waals surface area (Å²) >= 11 is 0. The van der Waals surface area contributed by atoms with E-state index in [0.717, 1.165) is 0 Å². The third-order valence-corrected chi connectivity index (χ3v) is 2.09. The van der Waals surface area contributed by atoms with Crippen LogP contribution in [0.1, 0.15) is 5.82 Å². The minimum absolute atomic E-state index is 0.248. The molecule has 0 atom stereocenters. The second-order valence-electron chi connectivity index (χ2n) is 3.24. The fourth-order valence-electron chi connectivity index (χ4n) is 1.44. The maximum atomic E-state index is 13.5. The zero-order valence-corrected chi connectivity index (χ0v) is 8.40. The number of aromatic nitrogens is 3. The third-order valence-electron chi connectivity index (χ3n) is 2.09. The van der Waals surface area contributed by atoms with Gasteiger partial charge in [0.15, 0.2) is 17.4 Å². The van der Waals surface area contributed by atoms with E-state index in [2.05, 4.69) is 10.1 Å². The summed E-state index contributed by atoms with van der Waals surface area (Å²) in [6, 6.07) is 4.42. The molecule has 0 fully saturated rings. The predicted octanol–water partition coefficient (Wildman–Crippen LogP) is 1.64. The van der Waals surface area contributed by atoms with E-state index in [0.29, 0.717) is 11.6 Å². The summed E-state index contributed by atoms with van der Waals surface area (Å²) in [6.45, 7) is 1.73. The van der Waals surface area contributed by atoms with Crippen molar-refractivity contribution >= 4 is 0 Å². The molecule has 2 aromatic rings. The van der Waals surface area contributed by atoms with E-state index in [4.69, 9.17) is 0 Å². The van der Waals surface area contributed by atoms with Crippen LogP contribution in [0.15, 0.2) is 18.2 Å². The van der Waals surface area contributed by atoms with Crippen molar-refractivity contribution in [3.63, 3.8) is 0 Å². The standard InChI is InChI=1S/C10H10FN3O/c1-6-12-10(14(2)13-6)7-4-3-5-8(15)9(7)11/h3-5,15H,1-2H3. The molecule has 0 amide bonds. The Balaban J connectivity index is 2.64. The van der Waals surface area contributed by atoms with Gasteiger partial charge < -0.3 is 5.11 Å². The topological polar surface area (TPSA) is 50.9 Å². The number of phenols is 1. The van der Waals surface area contributed by atoms with E-state index >= 15 is 0 Å². The first-order valence-electron chi connectivity index (χ1n) is 4.45. The van der Waals surface area contributed by atoms with Gasteiger partial charge in [-0.3, -0.25) is 0 Å². The van der Waals surface area contributed by atoms with Crippen LogP contribution in [-0.4, -0.2) is 19.9 Å². The Kier molecular flexibility index (Phi) is 2.15. The Bertz CT molecular complexity index is 507. The molecule has 1 N–H and O–H groups in total. The molecule has 1 aromatic carbocycles. The van der Waals surface area contributed by atoms with Gasteiger partial charge >= 0.3 is 0 Å². The van der Waals surface area contributed by atoms with Crippen molar-refractivity contribution in [2.45, 2.75) is 6.92 Å². The van der Waals surface area contributed by atoms with E-state index in [-0.39, 0.29) is 11.3 Å². The number of aromatic hydroxyl groups is 1.